The monoisotopic (exact) mass is 367 g/mol. The van der Waals surface area contributed by atoms with Crippen LogP contribution in [0.4, 0.5) is 24.5 Å². The number of nitrogens with one attached hydrogen (secondary N) is 1. The highest BCUT2D eigenvalue weighted by atomic mass is 19.4. The lowest BCUT2D eigenvalue weighted by Gasteiger charge is -2.12. The lowest BCUT2D eigenvalue weighted by molar-refractivity contribution is -0.384. The largest absolute Gasteiger partial charge is 0.416 e. The van der Waals surface area contributed by atoms with Gasteiger partial charge in [0.15, 0.2) is 0 Å². The van der Waals surface area contributed by atoms with E-state index in [1.807, 2.05) is 0 Å². The van der Waals surface area contributed by atoms with Gasteiger partial charge in [0.25, 0.3) is 11.6 Å². The van der Waals surface area contributed by atoms with Gasteiger partial charge in [-0.3, -0.25) is 14.9 Å². The normalized spacial score (nSPS) is 11.1. The minimum atomic E-state index is -4.65. The minimum absolute atomic E-state index is 0.0172. The number of nitrogens with zero attached hydrogens (tertiary/aromatic N) is 2. The molecule has 0 aliphatic heterocycles. The van der Waals surface area contributed by atoms with Crippen molar-refractivity contribution in [2.24, 2.45) is 0 Å². The second kappa shape index (κ2) is 7.42. The van der Waals surface area contributed by atoms with E-state index in [-0.39, 0.29) is 18.1 Å². The van der Waals surface area contributed by atoms with E-state index in [4.69, 9.17) is 0 Å². The average Bonchev–Trinajstić information content (AvgIpc) is 2.58. The predicted molar refractivity (Wildman–Crippen MR) is 89.9 cm³/mol. The van der Waals surface area contributed by atoms with Crippen molar-refractivity contribution in [3.63, 3.8) is 0 Å². The van der Waals surface area contributed by atoms with Crippen molar-refractivity contribution in [3.8, 4) is 0 Å². The van der Waals surface area contributed by atoms with Crippen molar-refractivity contribution in [2.75, 3.05) is 19.4 Å². The van der Waals surface area contributed by atoms with Gasteiger partial charge in [-0.15, -0.1) is 0 Å². The summed E-state index contributed by atoms with van der Waals surface area (Å²) in [5.74, 6) is -0.164. The molecular formula is C17H16F3N3O3. The predicted octanol–water partition coefficient (Wildman–Crippen LogP) is 3.93. The van der Waals surface area contributed by atoms with Gasteiger partial charge in [-0.1, -0.05) is 12.1 Å². The third-order valence-electron chi connectivity index (χ3n) is 3.61. The van der Waals surface area contributed by atoms with Crippen molar-refractivity contribution < 1.29 is 22.9 Å². The number of anilines is 1. The van der Waals surface area contributed by atoms with Gasteiger partial charge >= 0.3 is 6.18 Å². The zero-order chi connectivity index (χ0) is 19.5. The Morgan fingerprint density at radius 1 is 1.15 bits per heavy atom. The first-order valence-electron chi connectivity index (χ1n) is 7.49. The van der Waals surface area contributed by atoms with E-state index in [1.165, 1.54) is 4.90 Å². The number of alkyl halides is 3. The number of amides is 1. The maximum Gasteiger partial charge on any atom is 0.416 e. The summed E-state index contributed by atoms with van der Waals surface area (Å²) < 4.78 is 38.1. The highest BCUT2D eigenvalue weighted by molar-refractivity contribution is 5.93. The maximum absolute atomic E-state index is 12.7. The summed E-state index contributed by atoms with van der Waals surface area (Å²) in [4.78, 5) is 23.4. The fourth-order valence-electron chi connectivity index (χ4n) is 2.23. The van der Waals surface area contributed by atoms with E-state index in [1.54, 1.807) is 38.4 Å². The molecule has 0 radical (unpaired) electrons. The first-order valence-corrected chi connectivity index (χ1v) is 7.49. The molecule has 0 unspecified atom stereocenters. The number of rotatable bonds is 5. The summed E-state index contributed by atoms with van der Waals surface area (Å²) in [6.45, 7) is 0.155. The summed E-state index contributed by atoms with van der Waals surface area (Å²) in [5, 5.41) is 13.8. The van der Waals surface area contributed by atoms with Gasteiger partial charge in [-0.2, -0.15) is 13.2 Å². The van der Waals surface area contributed by atoms with Gasteiger partial charge in [-0.25, -0.2) is 0 Å². The molecule has 1 N–H and O–H groups in total. The standard InChI is InChI=1S/C17H16F3N3O3/c1-22(2)16(24)12-5-3-11(4-6-12)10-21-14-8-7-13(17(18,19)20)9-15(14)23(25)26/h3-9,21H,10H2,1-2H3. The molecule has 0 saturated carbocycles. The molecule has 0 saturated heterocycles. The number of nitro benzene ring substituents is 1. The Kier molecular flexibility index (Phi) is 5.49. The van der Waals surface area contributed by atoms with Crippen LogP contribution in [0.15, 0.2) is 42.5 Å². The second-order valence-corrected chi connectivity index (χ2v) is 5.74. The van der Waals surface area contributed by atoms with E-state index in [0.29, 0.717) is 11.6 Å². The number of carbonyl (C=O) groups is 1. The number of carbonyl (C=O) groups excluding carboxylic acids is 1. The van der Waals surface area contributed by atoms with E-state index < -0.39 is 22.4 Å². The van der Waals surface area contributed by atoms with Gasteiger partial charge < -0.3 is 10.2 Å². The van der Waals surface area contributed by atoms with E-state index in [9.17, 15) is 28.1 Å². The molecule has 138 valence electrons. The molecule has 0 fully saturated rings. The molecule has 0 spiro atoms. The van der Waals surface area contributed by atoms with E-state index in [0.717, 1.165) is 17.7 Å². The fraction of sp³-hybridized carbons (Fsp3) is 0.235. The smallest absolute Gasteiger partial charge is 0.375 e. The molecule has 2 aromatic rings. The summed E-state index contributed by atoms with van der Waals surface area (Å²) in [6, 6.07) is 8.88. The summed E-state index contributed by atoms with van der Waals surface area (Å²) in [7, 11) is 3.25. The molecule has 0 aliphatic carbocycles. The molecule has 0 heterocycles. The van der Waals surface area contributed by atoms with Crippen molar-refractivity contribution in [1.82, 2.24) is 4.90 Å². The first-order chi connectivity index (χ1) is 12.1. The van der Waals surface area contributed by atoms with Crippen LogP contribution < -0.4 is 5.32 Å². The highest BCUT2D eigenvalue weighted by Crippen LogP contribution is 2.35. The quantitative estimate of drug-likeness (QED) is 0.642. The summed E-state index contributed by atoms with van der Waals surface area (Å²) in [5.41, 5.74) is -0.550. The third kappa shape index (κ3) is 4.50. The van der Waals surface area contributed by atoms with Crippen LogP contribution in [0.1, 0.15) is 21.5 Å². The Morgan fingerprint density at radius 2 is 1.77 bits per heavy atom. The van der Waals surface area contributed by atoms with Crippen molar-refractivity contribution in [2.45, 2.75) is 12.7 Å². The van der Waals surface area contributed by atoms with Crippen LogP contribution in [0.25, 0.3) is 0 Å². The molecule has 0 bridgehead atoms. The van der Waals surface area contributed by atoms with Gasteiger partial charge in [0.1, 0.15) is 5.69 Å². The minimum Gasteiger partial charge on any atom is -0.375 e. The highest BCUT2D eigenvalue weighted by Gasteiger charge is 2.33. The van der Waals surface area contributed by atoms with Crippen molar-refractivity contribution in [1.29, 1.82) is 0 Å². The molecule has 1 amide bonds. The summed E-state index contributed by atoms with van der Waals surface area (Å²) >= 11 is 0. The molecule has 2 rings (SSSR count). The zero-order valence-corrected chi connectivity index (χ0v) is 14.0. The van der Waals surface area contributed by atoms with Crippen molar-refractivity contribution >= 4 is 17.3 Å². The Hall–Kier alpha value is -3.10. The third-order valence-corrected chi connectivity index (χ3v) is 3.61. The van der Waals surface area contributed by atoms with Crippen LogP contribution in [0.2, 0.25) is 0 Å². The van der Waals surface area contributed by atoms with E-state index >= 15 is 0 Å². The Balaban J connectivity index is 2.16. The molecule has 0 aliphatic rings. The molecule has 9 heteroatoms. The van der Waals surface area contributed by atoms with Gasteiger partial charge in [0.05, 0.1) is 10.5 Å². The molecule has 6 nitrogen and oxygen atoms in total. The SMILES string of the molecule is CN(C)C(=O)c1ccc(CNc2ccc(C(F)(F)F)cc2[N+](=O)[O-])cc1. The molecular weight excluding hydrogens is 351 g/mol. The molecule has 26 heavy (non-hydrogen) atoms. The lowest BCUT2D eigenvalue weighted by atomic mass is 10.1. The first kappa shape index (κ1) is 19.2. The second-order valence-electron chi connectivity index (χ2n) is 5.74. The molecule has 0 aromatic heterocycles. The Labute approximate surface area is 147 Å². The van der Waals surface area contributed by atoms with Crippen LogP contribution in [-0.4, -0.2) is 29.8 Å². The lowest BCUT2D eigenvalue weighted by Crippen LogP contribution is -2.21. The van der Waals surface area contributed by atoms with Crippen LogP contribution in [0, 0.1) is 10.1 Å². The van der Waals surface area contributed by atoms with Crippen LogP contribution in [0.3, 0.4) is 0 Å². The van der Waals surface area contributed by atoms with Crippen molar-refractivity contribution in [3.05, 3.63) is 69.3 Å². The van der Waals surface area contributed by atoms with Crippen LogP contribution >= 0.6 is 0 Å². The molecule has 0 atom stereocenters. The Bertz CT molecular complexity index is 818. The number of benzene rings is 2. The number of hydrogen-bond donors (Lipinski definition) is 1. The van der Waals surface area contributed by atoms with Gasteiger partial charge in [-0.05, 0) is 29.8 Å². The maximum atomic E-state index is 12.7. The number of nitro groups is 1. The number of halogens is 3. The average molecular weight is 367 g/mol. The van der Waals surface area contributed by atoms with E-state index in [2.05, 4.69) is 5.32 Å². The number of hydrogen-bond acceptors (Lipinski definition) is 4. The molecule has 2 aromatic carbocycles. The summed E-state index contributed by atoms with van der Waals surface area (Å²) in [6.07, 6.45) is -4.65. The fourth-order valence-corrected chi connectivity index (χ4v) is 2.23. The van der Waals surface area contributed by atoms with Crippen LogP contribution in [-0.2, 0) is 12.7 Å². The van der Waals surface area contributed by atoms with Crippen LogP contribution in [0.5, 0.6) is 0 Å². The topological polar surface area (TPSA) is 75.5 Å². The van der Waals surface area contributed by atoms with Gasteiger partial charge in [0.2, 0.25) is 0 Å². The Morgan fingerprint density at radius 3 is 2.27 bits per heavy atom. The van der Waals surface area contributed by atoms with Gasteiger partial charge in [0, 0.05) is 32.3 Å². The zero-order valence-electron chi connectivity index (χ0n) is 14.0.